The molecule has 1 amide bonds. The Morgan fingerprint density at radius 3 is 2.49 bits per heavy atom. The SMILES string of the molecule is Cn1nc(NCC(=O)N2CC[C@H]3[C@@H]2CCN3C2CCC(O)(c3ccc(-c4ncccn4)cn3)CC2)c2cc(C(F)(F)F)ccc21. The average Bonchev–Trinajstić information content (AvgIpc) is 3.74. The van der Waals surface area contributed by atoms with Gasteiger partial charge < -0.3 is 15.3 Å². The molecule has 1 aliphatic carbocycles. The number of halogens is 3. The van der Waals surface area contributed by atoms with E-state index >= 15 is 0 Å². The van der Waals surface area contributed by atoms with Gasteiger partial charge in [0.05, 0.1) is 23.3 Å². The van der Waals surface area contributed by atoms with E-state index in [1.807, 2.05) is 17.0 Å². The summed E-state index contributed by atoms with van der Waals surface area (Å²) in [7, 11) is 1.67. The molecular formula is C32H35F3N8O2. The van der Waals surface area contributed by atoms with Crippen molar-refractivity contribution in [3.05, 3.63) is 66.2 Å². The third-order valence-electron chi connectivity index (χ3n) is 9.84. The summed E-state index contributed by atoms with van der Waals surface area (Å²) >= 11 is 0. The first-order valence-corrected chi connectivity index (χ1v) is 15.4. The van der Waals surface area contributed by atoms with Gasteiger partial charge in [-0.2, -0.15) is 18.3 Å². The summed E-state index contributed by atoms with van der Waals surface area (Å²) in [5.41, 5.74) is 0.296. The number of hydrogen-bond donors (Lipinski definition) is 2. The number of carbonyl (C=O) groups is 1. The number of carbonyl (C=O) groups excluding carboxylic acids is 1. The van der Waals surface area contributed by atoms with Crippen molar-refractivity contribution in [3.63, 3.8) is 0 Å². The molecule has 4 aromatic rings. The fourth-order valence-electron chi connectivity index (χ4n) is 7.53. The van der Waals surface area contributed by atoms with Gasteiger partial charge in [-0.25, -0.2) is 9.97 Å². The first-order chi connectivity index (χ1) is 21.6. The van der Waals surface area contributed by atoms with Crippen LogP contribution in [-0.4, -0.2) is 83.3 Å². The topological polar surface area (TPSA) is 112 Å². The number of likely N-dealkylation sites (tertiary alicyclic amines) is 2. The van der Waals surface area contributed by atoms with Gasteiger partial charge >= 0.3 is 6.18 Å². The molecule has 1 saturated carbocycles. The molecule has 5 heterocycles. The maximum absolute atomic E-state index is 13.4. The second kappa shape index (κ2) is 11.4. The summed E-state index contributed by atoms with van der Waals surface area (Å²) in [6, 6.07) is 9.75. The highest BCUT2D eigenvalue weighted by Gasteiger charge is 2.48. The Morgan fingerprint density at radius 1 is 1.02 bits per heavy atom. The van der Waals surface area contributed by atoms with Crippen molar-refractivity contribution in [2.75, 3.05) is 25.0 Å². The number of hydrogen-bond acceptors (Lipinski definition) is 8. The molecule has 45 heavy (non-hydrogen) atoms. The molecular weight excluding hydrogens is 585 g/mol. The average molecular weight is 621 g/mol. The number of nitrogens with zero attached hydrogens (tertiary/aromatic N) is 7. The van der Waals surface area contributed by atoms with Crippen molar-refractivity contribution < 1.29 is 23.1 Å². The lowest BCUT2D eigenvalue weighted by molar-refractivity contribution is -0.137. The molecule has 0 bridgehead atoms. The highest BCUT2D eigenvalue weighted by Crippen LogP contribution is 2.42. The zero-order chi connectivity index (χ0) is 31.3. The van der Waals surface area contributed by atoms with Gasteiger partial charge in [-0.05, 0) is 74.9 Å². The molecule has 13 heteroatoms. The summed E-state index contributed by atoms with van der Waals surface area (Å²) in [4.78, 5) is 30.9. The molecule has 3 fully saturated rings. The van der Waals surface area contributed by atoms with Gasteiger partial charge in [0.1, 0.15) is 5.60 Å². The minimum absolute atomic E-state index is 0.0375. The fraction of sp³-hybridized carbons (Fsp3) is 0.469. The van der Waals surface area contributed by atoms with Gasteiger partial charge in [-0.3, -0.25) is 19.4 Å². The van der Waals surface area contributed by atoms with Crippen LogP contribution in [0.4, 0.5) is 19.0 Å². The molecule has 2 saturated heterocycles. The van der Waals surface area contributed by atoms with E-state index in [4.69, 9.17) is 0 Å². The van der Waals surface area contributed by atoms with Crippen LogP contribution in [0.15, 0.2) is 55.0 Å². The second-order valence-electron chi connectivity index (χ2n) is 12.4. The molecule has 2 N–H and O–H groups in total. The number of aliphatic hydroxyl groups is 1. The van der Waals surface area contributed by atoms with Crippen LogP contribution in [-0.2, 0) is 23.6 Å². The molecule has 3 aliphatic rings. The summed E-state index contributed by atoms with van der Waals surface area (Å²) in [6.45, 7) is 1.50. The Hall–Kier alpha value is -4.10. The van der Waals surface area contributed by atoms with Gasteiger partial charge in [0, 0.05) is 67.8 Å². The molecule has 1 aromatic carbocycles. The van der Waals surface area contributed by atoms with Gasteiger partial charge in [-0.1, -0.05) is 0 Å². The van der Waals surface area contributed by atoms with Crippen LogP contribution in [0.5, 0.6) is 0 Å². The smallest absolute Gasteiger partial charge is 0.384 e. The normalized spacial score (nSPS) is 25.5. The van der Waals surface area contributed by atoms with Crippen LogP contribution in [0.3, 0.4) is 0 Å². The highest BCUT2D eigenvalue weighted by molar-refractivity contribution is 5.92. The van der Waals surface area contributed by atoms with Crippen molar-refractivity contribution in [2.24, 2.45) is 7.05 Å². The van der Waals surface area contributed by atoms with Crippen molar-refractivity contribution in [1.29, 1.82) is 0 Å². The predicted octanol–water partition coefficient (Wildman–Crippen LogP) is 4.36. The quantitative estimate of drug-likeness (QED) is 0.327. The lowest BCUT2D eigenvalue weighted by atomic mass is 9.79. The van der Waals surface area contributed by atoms with E-state index in [9.17, 15) is 23.1 Å². The Kier molecular flexibility index (Phi) is 7.47. The van der Waals surface area contributed by atoms with Crippen LogP contribution in [0.1, 0.15) is 49.8 Å². The number of benzene rings is 1. The molecule has 3 aromatic heterocycles. The standard InChI is InChI=1S/C32H35F3N8O2/c1-41-24-5-4-21(32(33,34)35)17-23(24)30(40-41)39-19-28(44)43-16-10-25-26(43)9-15-42(25)22-7-11-31(45,12-8-22)27-6-3-20(18-38-27)29-36-13-2-14-37-29/h2-6,13-14,17-18,22,25-26,45H,7-12,15-16,19H2,1H3,(H,39,40)/t22?,25-,26-,31?/m0/s1. The Balaban J connectivity index is 0.957. The lowest BCUT2D eigenvalue weighted by Crippen LogP contribution is -2.47. The van der Waals surface area contributed by atoms with E-state index in [-0.39, 0.29) is 30.4 Å². The monoisotopic (exact) mass is 620 g/mol. The van der Waals surface area contributed by atoms with E-state index in [2.05, 4.69) is 30.3 Å². The summed E-state index contributed by atoms with van der Waals surface area (Å²) in [5.74, 6) is 0.784. The fourth-order valence-corrected chi connectivity index (χ4v) is 7.53. The number of pyridine rings is 1. The molecule has 0 radical (unpaired) electrons. The summed E-state index contributed by atoms with van der Waals surface area (Å²) in [6.07, 6.45) is 5.29. The Morgan fingerprint density at radius 2 is 1.78 bits per heavy atom. The summed E-state index contributed by atoms with van der Waals surface area (Å²) < 4.78 is 41.5. The third kappa shape index (κ3) is 5.52. The molecule has 2 aliphatic heterocycles. The van der Waals surface area contributed by atoms with Crippen LogP contribution in [0.25, 0.3) is 22.3 Å². The zero-order valence-electron chi connectivity index (χ0n) is 24.9. The highest BCUT2D eigenvalue weighted by atomic mass is 19.4. The second-order valence-corrected chi connectivity index (χ2v) is 12.4. The number of aromatic nitrogens is 5. The number of rotatable bonds is 6. The summed E-state index contributed by atoms with van der Waals surface area (Å²) in [5, 5.41) is 19.2. The van der Waals surface area contributed by atoms with E-state index in [1.54, 1.807) is 31.7 Å². The third-order valence-corrected chi connectivity index (χ3v) is 9.84. The van der Waals surface area contributed by atoms with Crippen molar-refractivity contribution >= 4 is 22.6 Å². The largest absolute Gasteiger partial charge is 0.416 e. The van der Waals surface area contributed by atoms with Crippen molar-refractivity contribution in [1.82, 2.24) is 34.5 Å². The van der Waals surface area contributed by atoms with E-state index in [0.29, 0.717) is 47.8 Å². The van der Waals surface area contributed by atoms with E-state index in [0.717, 1.165) is 49.9 Å². The number of aryl methyl sites for hydroxylation is 1. The number of fused-ring (bicyclic) bond motifs is 2. The number of alkyl halides is 3. The minimum atomic E-state index is -4.46. The van der Waals surface area contributed by atoms with Crippen LogP contribution in [0.2, 0.25) is 0 Å². The van der Waals surface area contributed by atoms with Crippen LogP contribution >= 0.6 is 0 Å². The maximum Gasteiger partial charge on any atom is 0.416 e. The van der Waals surface area contributed by atoms with Gasteiger partial charge in [0.25, 0.3) is 0 Å². The lowest BCUT2D eigenvalue weighted by Gasteiger charge is -2.41. The minimum Gasteiger partial charge on any atom is -0.384 e. The number of anilines is 1. The van der Waals surface area contributed by atoms with Crippen LogP contribution in [0, 0.1) is 0 Å². The van der Waals surface area contributed by atoms with Crippen LogP contribution < -0.4 is 5.32 Å². The Bertz CT molecular complexity index is 1690. The maximum atomic E-state index is 13.4. The predicted molar refractivity (Wildman–Crippen MR) is 161 cm³/mol. The van der Waals surface area contributed by atoms with Gasteiger partial charge in [0.15, 0.2) is 11.6 Å². The van der Waals surface area contributed by atoms with Gasteiger partial charge in [-0.15, -0.1) is 0 Å². The van der Waals surface area contributed by atoms with Gasteiger partial charge in [0.2, 0.25) is 5.91 Å². The molecule has 10 nitrogen and oxygen atoms in total. The molecule has 0 spiro atoms. The van der Waals surface area contributed by atoms with E-state index in [1.165, 1.54) is 10.7 Å². The molecule has 236 valence electrons. The molecule has 0 unspecified atom stereocenters. The first-order valence-electron chi connectivity index (χ1n) is 15.4. The first kappa shape index (κ1) is 29.6. The van der Waals surface area contributed by atoms with Crippen molar-refractivity contribution in [3.8, 4) is 11.4 Å². The zero-order valence-corrected chi connectivity index (χ0v) is 24.9. The number of amides is 1. The molecule has 7 rings (SSSR count). The van der Waals surface area contributed by atoms with Crippen molar-refractivity contribution in [2.45, 2.75) is 68.4 Å². The Labute approximate surface area is 258 Å². The van der Waals surface area contributed by atoms with E-state index < -0.39 is 17.3 Å². The molecule has 2 atom stereocenters. The number of nitrogens with one attached hydrogen (secondary N) is 1.